The highest BCUT2D eigenvalue weighted by atomic mass is 79.9. The standard InChI is InChI=1S/C15H9BrN2O2/c16-15-4-2-1-3-12(15)9-13(10-17)11-5-7-14(8-6-11)18(19)20/h1-9H/b13-9-. The maximum atomic E-state index is 10.6. The Balaban J connectivity index is 2.41. The summed E-state index contributed by atoms with van der Waals surface area (Å²) in [6.45, 7) is 0. The van der Waals surface area contributed by atoms with Gasteiger partial charge in [-0.2, -0.15) is 5.26 Å². The zero-order valence-electron chi connectivity index (χ0n) is 10.3. The van der Waals surface area contributed by atoms with Crippen LogP contribution in [-0.4, -0.2) is 4.92 Å². The van der Waals surface area contributed by atoms with Gasteiger partial charge in [-0.25, -0.2) is 0 Å². The first-order chi connectivity index (χ1) is 9.61. The van der Waals surface area contributed by atoms with Crippen LogP contribution in [0.2, 0.25) is 0 Å². The lowest BCUT2D eigenvalue weighted by molar-refractivity contribution is -0.384. The summed E-state index contributed by atoms with van der Waals surface area (Å²) in [5.41, 5.74) is 1.98. The van der Waals surface area contributed by atoms with E-state index in [-0.39, 0.29) is 5.69 Å². The SMILES string of the molecule is N#C/C(=C/c1ccccc1Br)c1ccc([N+](=O)[O-])cc1. The molecule has 5 heteroatoms. The fourth-order valence-electron chi connectivity index (χ4n) is 1.69. The van der Waals surface area contributed by atoms with Crippen LogP contribution in [0.3, 0.4) is 0 Å². The van der Waals surface area contributed by atoms with Crippen LogP contribution < -0.4 is 0 Å². The third-order valence-corrected chi connectivity index (χ3v) is 3.44. The molecule has 0 fully saturated rings. The van der Waals surface area contributed by atoms with Crippen molar-refractivity contribution in [3.05, 3.63) is 74.2 Å². The van der Waals surface area contributed by atoms with Crippen molar-refractivity contribution >= 4 is 33.3 Å². The number of nitriles is 1. The molecule has 0 N–H and O–H groups in total. The van der Waals surface area contributed by atoms with Gasteiger partial charge < -0.3 is 0 Å². The molecule has 2 rings (SSSR count). The highest BCUT2D eigenvalue weighted by molar-refractivity contribution is 9.10. The van der Waals surface area contributed by atoms with Gasteiger partial charge in [0.25, 0.3) is 5.69 Å². The third kappa shape index (κ3) is 3.11. The van der Waals surface area contributed by atoms with E-state index >= 15 is 0 Å². The summed E-state index contributed by atoms with van der Waals surface area (Å²) in [5.74, 6) is 0. The van der Waals surface area contributed by atoms with Crippen LogP contribution in [0.1, 0.15) is 11.1 Å². The van der Waals surface area contributed by atoms with E-state index in [1.165, 1.54) is 12.1 Å². The number of benzene rings is 2. The van der Waals surface area contributed by atoms with Crippen molar-refractivity contribution in [2.24, 2.45) is 0 Å². The van der Waals surface area contributed by atoms with Crippen LogP contribution in [0.5, 0.6) is 0 Å². The maximum absolute atomic E-state index is 10.6. The smallest absolute Gasteiger partial charge is 0.258 e. The molecule has 0 spiro atoms. The van der Waals surface area contributed by atoms with Gasteiger partial charge in [0.1, 0.15) is 0 Å². The molecular formula is C15H9BrN2O2. The average Bonchev–Trinajstić information content (AvgIpc) is 2.46. The second kappa shape index (κ2) is 6.13. The van der Waals surface area contributed by atoms with Crippen molar-refractivity contribution in [1.82, 2.24) is 0 Å². The number of nitrogens with zero attached hydrogens (tertiary/aromatic N) is 2. The van der Waals surface area contributed by atoms with E-state index in [0.29, 0.717) is 11.1 Å². The van der Waals surface area contributed by atoms with Gasteiger partial charge >= 0.3 is 0 Å². The van der Waals surface area contributed by atoms with Crippen molar-refractivity contribution in [3.63, 3.8) is 0 Å². The molecule has 0 atom stereocenters. The fraction of sp³-hybridized carbons (Fsp3) is 0. The lowest BCUT2D eigenvalue weighted by atomic mass is 10.0. The number of halogens is 1. The molecular weight excluding hydrogens is 320 g/mol. The Morgan fingerprint density at radius 3 is 2.40 bits per heavy atom. The number of nitro benzene ring substituents is 1. The van der Waals surface area contributed by atoms with Gasteiger partial charge in [-0.1, -0.05) is 34.1 Å². The van der Waals surface area contributed by atoms with Gasteiger partial charge in [-0.15, -0.1) is 0 Å². The van der Waals surface area contributed by atoms with Crippen molar-refractivity contribution in [3.8, 4) is 6.07 Å². The van der Waals surface area contributed by atoms with E-state index in [2.05, 4.69) is 22.0 Å². The topological polar surface area (TPSA) is 66.9 Å². The first-order valence-corrected chi connectivity index (χ1v) is 6.52. The predicted molar refractivity (Wildman–Crippen MR) is 80.7 cm³/mol. The van der Waals surface area contributed by atoms with Crippen LogP contribution in [-0.2, 0) is 0 Å². The van der Waals surface area contributed by atoms with E-state index in [0.717, 1.165) is 10.0 Å². The lowest BCUT2D eigenvalue weighted by Gasteiger charge is -2.01. The van der Waals surface area contributed by atoms with E-state index < -0.39 is 4.92 Å². The number of allylic oxidation sites excluding steroid dienone is 1. The van der Waals surface area contributed by atoms with Crippen molar-refractivity contribution in [1.29, 1.82) is 5.26 Å². The number of rotatable bonds is 3. The molecule has 0 saturated heterocycles. The Morgan fingerprint density at radius 1 is 1.20 bits per heavy atom. The number of nitro groups is 1. The minimum absolute atomic E-state index is 0.00642. The van der Waals surface area contributed by atoms with Crippen LogP contribution in [0.25, 0.3) is 11.6 Å². The summed E-state index contributed by atoms with van der Waals surface area (Å²) in [5, 5.41) is 19.8. The molecule has 98 valence electrons. The number of hydrogen-bond acceptors (Lipinski definition) is 3. The van der Waals surface area contributed by atoms with Crippen LogP contribution in [0.4, 0.5) is 5.69 Å². The van der Waals surface area contributed by atoms with Gasteiger partial charge in [0, 0.05) is 16.6 Å². The minimum Gasteiger partial charge on any atom is -0.258 e. The van der Waals surface area contributed by atoms with Crippen molar-refractivity contribution < 1.29 is 4.92 Å². The summed E-state index contributed by atoms with van der Waals surface area (Å²) in [7, 11) is 0. The molecule has 0 heterocycles. The fourth-order valence-corrected chi connectivity index (χ4v) is 2.09. The molecule has 0 amide bonds. The Morgan fingerprint density at radius 2 is 1.85 bits per heavy atom. The summed E-state index contributed by atoms with van der Waals surface area (Å²) in [6.07, 6.45) is 1.74. The van der Waals surface area contributed by atoms with E-state index in [1.807, 2.05) is 24.3 Å². The average molecular weight is 329 g/mol. The molecule has 2 aromatic carbocycles. The molecule has 0 bridgehead atoms. The van der Waals surface area contributed by atoms with E-state index in [9.17, 15) is 15.4 Å². The van der Waals surface area contributed by atoms with Crippen LogP contribution in [0, 0.1) is 21.4 Å². The normalized spacial score (nSPS) is 10.9. The minimum atomic E-state index is -0.465. The molecule has 0 aliphatic rings. The summed E-state index contributed by atoms with van der Waals surface area (Å²) >= 11 is 3.41. The van der Waals surface area contributed by atoms with Crippen molar-refractivity contribution in [2.45, 2.75) is 0 Å². The van der Waals surface area contributed by atoms with Gasteiger partial charge in [-0.3, -0.25) is 10.1 Å². The van der Waals surface area contributed by atoms with Gasteiger partial charge in [-0.05, 0) is 35.4 Å². The second-order valence-corrected chi connectivity index (χ2v) is 4.85. The van der Waals surface area contributed by atoms with Crippen LogP contribution in [0.15, 0.2) is 53.0 Å². The zero-order valence-corrected chi connectivity index (χ0v) is 11.9. The monoisotopic (exact) mass is 328 g/mol. The van der Waals surface area contributed by atoms with E-state index in [4.69, 9.17) is 0 Å². The lowest BCUT2D eigenvalue weighted by Crippen LogP contribution is -1.88. The first kappa shape index (κ1) is 14.0. The Kier molecular flexibility index (Phi) is 4.28. The molecule has 0 unspecified atom stereocenters. The van der Waals surface area contributed by atoms with Gasteiger partial charge in [0.05, 0.1) is 16.6 Å². The Bertz CT molecular complexity index is 715. The molecule has 0 aliphatic heterocycles. The zero-order chi connectivity index (χ0) is 14.5. The highest BCUT2D eigenvalue weighted by Gasteiger charge is 2.07. The van der Waals surface area contributed by atoms with E-state index in [1.54, 1.807) is 18.2 Å². The Labute approximate surface area is 124 Å². The second-order valence-electron chi connectivity index (χ2n) is 4.00. The molecule has 20 heavy (non-hydrogen) atoms. The molecule has 4 nitrogen and oxygen atoms in total. The van der Waals surface area contributed by atoms with Crippen LogP contribution >= 0.6 is 15.9 Å². The predicted octanol–water partition coefficient (Wildman–Crippen LogP) is 4.42. The molecule has 0 radical (unpaired) electrons. The third-order valence-electron chi connectivity index (χ3n) is 2.71. The molecule has 2 aromatic rings. The number of hydrogen-bond donors (Lipinski definition) is 0. The first-order valence-electron chi connectivity index (χ1n) is 5.73. The molecule has 0 aliphatic carbocycles. The highest BCUT2D eigenvalue weighted by Crippen LogP contribution is 2.24. The van der Waals surface area contributed by atoms with Gasteiger partial charge in [0.15, 0.2) is 0 Å². The van der Waals surface area contributed by atoms with Gasteiger partial charge in [0.2, 0.25) is 0 Å². The maximum Gasteiger partial charge on any atom is 0.269 e. The summed E-state index contributed by atoms with van der Waals surface area (Å²) < 4.78 is 0.884. The largest absolute Gasteiger partial charge is 0.269 e. The molecule has 0 aromatic heterocycles. The molecule has 0 saturated carbocycles. The quantitative estimate of drug-likeness (QED) is 0.362. The van der Waals surface area contributed by atoms with Crippen molar-refractivity contribution in [2.75, 3.05) is 0 Å². The Hall–Kier alpha value is -2.45. The number of non-ortho nitro benzene ring substituents is 1. The summed E-state index contributed by atoms with van der Waals surface area (Å²) in [6, 6.07) is 15.6. The summed E-state index contributed by atoms with van der Waals surface area (Å²) in [4.78, 5) is 10.1.